The number of rotatable bonds is 4. The molecule has 162 valence electrons. The highest BCUT2D eigenvalue weighted by Crippen LogP contribution is 2.34. The minimum Gasteiger partial charge on any atom is -0.337 e. The average molecular weight is 438 g/mol. The molecule has 1 N–H and O–H groups in total. The van der Waals surface area contributed by atoms with Crippen LogP contribution in [0, 0.1) is 5.92 Å². The maximum absolute atomic E-state index is 13.3. The molecule has 6 rings (SSSR count). The first kappa shape index (κ1) is 19.3. The van der Waals surface area contributed by atoms with Crippen molar-refractivity contribution in [1.29, 1.82) is 0 Å². The summed E-state index contributed by atoms with van der Waals surface area (Å²) in [6.07, 6.45) is 6.12. The molecule has 0 spiro atoms. The predicted molar refractivity (Wildman–Crippen MR) is 119 cm³/mol. The molecule has 1 aliphatic carbocycles. The van der Waals surface area contributed by atoms with Crippen molar-refractivity contribution in [3.8, 4) is 0 Å². The van der Waals surface area contributed by atoms with Crippen LogP contribution in [-0.4, -0.2) is 43.4 Å². The van der Waals surface area contributed by atoms with E-state index in [1.807, 2.05) is 4.90 Å². The fourth-order valence-corrected chi connectivity index (χ4v) is 5.81. The zero-order valence-corrected chi connectivity index (χ0v) is 18.4. The Balaban J connectivity index is 1.32. The van der Waals surface area contributed by atoms with Crippen LogP contribution in [0.5, 0.6) is 0 Å². The predicted octanol–water partition coefficient (Wildman–Crippen LogP) is 3.11. The first-order valence-electron chi connectivity index (χ1n) is 11.4. The van der Waals surface area contributed by atoms with Gasteiger partial charge in [0.15, 0.2) is 5.65 Å². The molecular weight excluding hydrogens is 410 g/mol. The highest BCUT2D eigenvalue weighted by molar-refractivity contribution is 7.09. The topological polar surface area (TPSA) is 73.7 Å². The lowest BCUT2D eigenvalue weighted by atomic mass is 9.99. The van der Waals surface area contributed by atoms with E-state index in [1.165, 1.54) is 17.7 Å². The molecule has 3 aromatic heterocycles. The third-order valence-electron chi connectivity index (χ3n) is 6.93. The first-order chi connectivity index (χ1) is 15.2. The Morgan fingerprint density at radius 3 is 2.94 bits per heavy atom. The quantitative estimate of drug-likeness (QED) is 0.681. The van der Waals surface area contributed by atoms with Crippen molar-refractivity contribution in [1.82, 2.24) is 24.4 Å². The molecule has 0 radical (unpaired) electrons. The molecule has 1 saturated carbocycles. The molecule has 7 nitrogen and oxygen atoms in total. The van der Waals surface area contributed by atoms with E-state index >= 15 is 0 Å². The van der Waals surface area contributed by atoms with Crippen LogP contribution < -0.4 is 5.56 Å². The monoisotopic (exact) mass is 437 g/mol. The Morgan fingerprint density at radius 1 is 1.23 bits per heavy atom. The van der Waals surface area contributed by atoms with Crippen molar-refractivity contribution in [2.24, 2.45) is 5.92 Å². The van der Waals surface area contributed by atoms with E-state index in [0.717, 1.165) is 43.7 Å². The first-order valence-corrected chi connectivity index (χ1v) is 12.2. The Morgan fingerprint density at radius 2 is 2.13 bits per heavy atom. The summed E-state index contributed by atoms with van der Waals surface area (Å²) in [5.41, 5.74) is 3.23. The van der Waals surface area contributed by atoms with Crippen LogP contribution in [0.2, 0.25) is 0 Å². The molecule has 1 atom stereocenters. The number of fused-ring (bicyclic) bond motifs is 2. The number of carbonyl (C=O) groups excluding carboxylic acids is 1. The molecule has 2 aliphatic heterocycles. The van der Waals surface area contributed by atoms with Gasteiger partial charge in [0, 0.05) is 36.4 Å². The molecule has 0 unspecified atom stereocenters. The van der Waals surface area contributed by atoms with E-state index < -0.39 is 0 Å². The molecule has 0 aromatic carbocycles. The Kier molecular flexibility index (Phi) is 4.72. The highest BCUT2D eigenvalue weighted by Gasteiger charge is 2.36. The molecule has 1 amide bonds. The number of thiophene rings is 1. The maximum atomic E-state index is 13.3. The second kappa shape index (κ2) is 7.60. The van der Waals surface area contributed by atoms with E-state index in [1.54, 1.807) is 15.9 Å². The molecule has 3 aliphatic rings. The number of hydrogen-bond donors (Lipinski definition) is 1. The molecule has 0 bridgehead atoms. The van der Waals surface area contributed by atoms with Crippen LogP contribution in [0.15, 0.2) is 28.4 Å². The fraction of sp³-hybridized carbons (Fsp3) is 0.522. The standard InChI is InChI=1S/C23H27N5O2S/c29-22(15-6-7-15)27-10-8-18-17(14-27)23(30)28-21(24-18)12-19(25-28)20-5-1-2-9-26(20)13-16-4-3-11-31-16/h3-4,11-12,15,20,25H,1-2,5-10,13-14H2/t20-/m1/s1. The zero-order valence-electron chi connectivity index (χ0n) is 17.5. The highest BCUT2D eigenvalue weighted by atomic mass is 32.1. The van der Waals surface area contributed by atoms with Crippen LogP contribution in [0.25, 0.3) is 5.65 Å². The Hall–Kier alpha value is -2.45. The van der Waals surface area contributed by atoms with E-state index in [9.17, 15) is 9.59 Å². The lowest BCUT2D eigenvalue weighted by molar-refractivity contribution is -0.133. The summed E-state index contributed by atoms with van der Waals surface area (Å²) in [6.45, 7) is 3.06. The number of carbonyl (C=O) groups is 1. The zero-order chi connectivity index (χ0) is 20.9. The third-order valence-corrected chi connectivity index (χ3v) is 7.79. The number of H-pyrrole nitrogens is 1. The second-order valence-corrected chi connectivity index (χ2v) is 10.1. The number of aromatic amines is 1. The largest absolute Gasteiger partial charge is 0.337 e. The molecule has 5 heterocycles. The second-order valence-electron chi connectivity index (χ2n) is 9.09. The SMILES string of the molecule is O=C(C1CC1)N1CCc2nc3cc([C@H]4CCCCN4Cc4cccs4)[nH]n3c(=O)c2C1. The van der Waals surface area contributed by atoms with Gasteiger partial charge in [0.1, 0.15) is 0 Å². The number of nitrogens with zero attached hydrogens (tertiary/aromatic N) is 4. The normalized spacial score (nSPS) is 22.1. The number of nitrogens with one attached hydrogen (secondary N) is 1. The smallest absolute Gasteiger partial charge is 0.277 e. The number of hydrogen-bond acceptors (Lipinski definition) is 5. The summed E-state index contributed by atoms with van der Waals surface area (Å²) in [7, 11) is 0. The van der Waals surface area contributed by atoms with Crippen LogP contribution in [0.1, 0.15) is 60.0 Å². The summed E-state index contributed by atoms with van der Waals surface area (Å²) in [4.78, 5) is 36.4. The van der Waals surface area contributed by atoms with Gasteiger partial charge in [-0.1, -0.05) is 12.5 Å². The van der Waals surface area contributed by atoms with E-state index in [4.69, 9.17) is 4.98 Å². The molecular formula is C23H27N5O2S. The van der Waals surface area contributed by atoms with Gasteiger partial charge in [-0.05, 0) is 43.7 Å². The van der Waals surface area contributed by atoms with Crippen LogP contribution in [0.4, 0.5) is 0 Å². The summed E-state index contributed by atoms with van der Waals surface area (Å²) < 4.78 is 1.59. The summed E-state index contributed by atoms with van der Waals surface area (Å²) >= 11 is 1.80. The van der Waals surface area contributed by atoms with Crippen LogP contribution in [-0.2, 0) is 24.3 Å². The Bertz CT molecular complexity index is 1180. The van der Waals surface area contributed by atoms with Crippen molar-refractivity contribution in [3.63, 3.8) is 0 Å². The van der Waals surface area contributed by atoms with Crippen molar-refractivity contribution in [2.45, 2.75) is 57.7 Å². The van der Waals surface area contributed by atoms with Crippen molar-refractivity contribution >= 4 is 22.9 Å². The van der Waals surface area contributed by atoms with E-state index in [-0.39, 0.29) is 23.4 Å². The van der Waals surface area contributed by atoms with Gasteiger partial charge in [0.2, 0.25) is 5.91 Å². The van der Waals surface area contributed by atoms with E-state index in [2.05, 4.69) is 33.6 Å². The molecule has 1 saturated heterocycles. The number of amides is 1. The summed E-state index contributed by atoms with van der Waals surface area (Å²) in [5.74, 6) is 0.382. The molecule has 2 fully saturated rings. The van der Waals surface area contributed by atoms with Gasteiger partial charge < -0.3 is 4.90 Å². The van der Waals surface area contributed by atoms with Crippen LogP contribution in [0.3, 0.4) is 0 Å². The number of aromatic nitrogens is 3. The van der Waals surface area contributed by atoms with Gasteiger partial charge in [0.25, 0.3) is 5.56 Å². The van der Waals surface area contributed by atoms with Crippen molar-refractivity contribution in [3.05, 3.63) is 55.8 Å². The summed E-state index contributed by atoms with van der Waals surface area (Å²) in [6, 6.07) is 6.62. The van der Waals surface area contributed by atoms with Crippen LogP contribution >= 0.6 is 11.3 Å². The van der Waals surface area contributed by atoms with E-state index in [0.29, 0.717) is 30.7 Å². The van der Waals surface area contributed by atoms with Gasteiger partial charge in [-0.25, -0.2) is 9.50 Å². The summed E-state index contributed by atoms with van der Waals surface area (Å²) in [5, 5.41) is 5.50. The number of piperidine rings is 1. The minimum absolute atomic E-state index is 0.0554. The Labute approximate surface area is 184 Å². The lowest BCUT2D eigenvalue weighted by Crippen LogP contribution is -2.41. The van der Waals surface area contributed by atoms with Crippen molar-refractivity contribution < 1.29 is 4.79 Å². The fourth-order valence-electron chi connectivity index (χ4n) is 5.08. The lowest BCUT2D eigenvalue weighted by Gasteiger charge is -2.34. The van der Waals surface area contributed by atoms with Gasteiger partial charge >= 0.3 is 0 Å². The average Bonchev–Trinajstić information content (AvgIpc) is 3.35. The van der Waals surface area contributed by atoms with Gasteiger partial charge in [0.05, 0.1) is 29.5 Å². The van der Waals surface area contributed by atoms with Gasteiger partial charge in [-0.3, -0.25) is 19.6 Å². The molecule has 8 heteroatoms. The minimum atomic E-state index is -0.0554. The molecule has 3 aromatic rings. The van der Waals surface area contributed by atoms with Gasteiger partial charge in [-0.2, -0.15) is 0 Å². The van der Waals surface area contributed by atoms with Gasteiger partial charge in [-0.15, -0.1) is 11.3 Å². The molecule has 31 heavy (non-hydrogen) atoms. The number of likely N-dealkylation sites (tertiary alicyclic amines) is 1. The van der Waals surface area contributed by atoms with Crippen molar-refractivity contribution in [2.75, 3.05) is 13.1 Å². The third kappa shape index (κ3) is 3.51. The maximum Gasteiger partial charge on any atom is 0.277 e.